The molecule has 0 aliphatic heterocycles. The third-order valence-corrected chi connectivity index (χ3v) is 4.00. The number of aliphatic carboxylic acids is 1. The van der Waals surface area contributed by atoms with Crippen molar-refractivity contribution >= 4 is 16.0 Å². The van der Waals surface area contributed by atoms with Gasteiger partial charge in [-0.05, 0) is 6.42 Å². The number of carbonyl (C=O) groups is 1. The molecule has 21 heavy (non-hydrogen) atoms. The van der Waals surface area contributed by atoms with E-state index in [9.17, 15) is 30.8 Å². The van der Waals surface area contributed by atoms with Crippen molar-refractivity contribution in [2.24, 2.45) is 0 Å². The highest BCUT2D eigenvalue weighted by Gasteiger charge is 2.33. The zero-order chi connectivity index (χ0) is 16.4. The van der Waals surface area contributed by atoms with Crippen molar-refractivity contribution in [3.63, 3.8) is 0 Å². The zero-order valence-electron chi connectivity index (χ0n) is 10.7. The largest absolute Gasteiger partial charge is 0.480 e. The van der Waals surface area contributed by atoms with E-state index in [0.717, 1.165) is 0 Å². The molecule has 0 spiro atoms. The maximum Gasteiger partial charge on any atom is 0.321 e. The van der Waals surface area contributed by atoms with E-state index in [1.165, 1.54) is 4.72 Å². The van der Waals surface area contributed by atoms with Gasteiger partial charge < -0.3 is 5.11 Å². The van der Waals surface area contributed by atoms with Crippen molar-refractivity contribution in [3.05, 3.63) is 29.3 Å². The lowest BCUT2D eigenvalue weighted by atomic mass is 10.2. The maximum absolute atomic E-state index is 13.4. The molecule has 0 aromatic heterocycles. The van der Waals surface area contributed by atoms with Crippen molar-refractivity contribution in [1.29, 1.82) is 0 Å². The predicted molar refractivity (Wildman–Crippen MR) is 62.9 cm³/mol. The molecule has 0 saturated carbocycles. The summed E-state index contributed by atoms with van der Waals surface area (Å²) in [6.07, 6.45) is 0.0809. The van der Waals surface area contributed by atoms with Gasteiger partial charge in [0.25, 0.3) is 0 Å². The number of carboxylic acid groups (broad SMARTS) is 1. The molecule has 0 bridgehead atoms. The molecule has 0 aliphatic carbocycles. The molecule has 0 saturated heterocycles. The number of hydrogen-bond acceptors (Lipinski definition) is 3. The summed E-state index contributed by atoms with van der Waals surface area (Å²) in [4.78, 5) is 8.95. The molecular weight excluding hydrogens is 318 g/mol. The van der Waals surface area contributed by atoms with Crippen LogP contribution in [0.3, 0.4) is 0 Å². The maximum atomic E-state index is 13.4. The summed E-state index contributed by atoms with van der Waals surface area (Å²) in [5.74, 6) is -9.64. The van der Waals surface area contributed by atoms with E-state index in [-0.39, 0.29) is 18.9 Å². The van der Waals surface area contributed by atoms with E-state index in [1.807, 2.05) is 0 Å². The third-order valence-electron chi connectivity index (χ3n) is 2.51. The van der Waals surface area contributed by atoms with Crippen molar-refractivity contribution in [2.45, 2.75) is 30.7 Å². The summed E-state index contributed by atoms with van der Waals surface area (Å²) in [5.41, 5.74) is 0. The van der Waals surface area contributed by atoms with Crippen LogP contribution in [0.4, 0.5) is 17.6 Å². The Labute approximate surface area is 117 Å². The van der Waals surface area contributed by atoms with E-state index in [2.05, 4.69) is 0 Å². The van der Waals surface area contributed by atoms with Crippen molar-refractivity contribution in [2.75, 3.05) is 0 Å². The molecule has 0 amide bonds. The molecule has 118 valence electrons. The van der Waals surface area contributed by atoms with Crippen LogP contribution < -0.4 is 4.72 Å². The van der Waals surface area contributed by atoms with Crippen molar-refractivity contribution in [3.8, 4) is 0 Å². The summed E-state index contributed by atoms with van der Waals surface area (Å²) in [7, 11) is -5.09. The quantitative estimate of drug-likeness (QED) is 0.615. The van der Waals surface area contributed by atoms with Crippen LogP contribution in [-0.4, -0.2) is 25.5 Å². The molecule has 1 aromatic carbocycles. The minimum atomic E-state index is -5.09. The Morgan fingerprint density at radius 3 is 2.10 bits per heavy atom. The van der Waals surface area contributed by atoms with Gasteiger partial charge in [-0.15, -0.1) is 0 Å². The Kier molecular flexibility index (Phi) is 5.29. The Hall–Kier alpha value is -1.68. The molecule has 0 fully saturated rings. The van der Waals surface area contributed by atoms with Crippen LogP contribution in [0.2, 0.25) is 0 Å². The number of carboxylic acids is 1. The number of halogens is 4. The first-order valence-corrected chi connectivity index (χ1v) is 7.18. The van der Waals surface area contributed by atoms with E-state index in [0.29, 0.717) is 0 Å². The molecule has 0 radical (unpaired) electrons. The van der Waals surface area contributed by atoms with E-state index in [1.54, 1.807) is 6.92 Å². The van der Waals surface area contributed by atoms with Gasteiger partial charge in [0, 0.05) is 6.07 Å². The van der Waals surface area contributed by atoms with Crippen LogP contribution >= 0.6 is 0 Å². The second-order valence-electron chi connectivity index (χ2n) is 4.10. The zero-order valence-corrected chi connectivity index (χ0v) is 11.5. The molecule has 0 heterocycles. The fraction of sp³-hybridized carbons (Fsp3) is 0.364. The smallest absolute Gasteiger partial charge is 0.321 e. The summed E-state index contributed by atoms with van der Waals surface area (Å²) in [6.45, 7) is 1.55. The number of sulfonamides is 1. The topological polar surface area (TPSA) is 83.5 Å². The fourth-order valence-corrected chi connectivity index (χ4v) is 2.93. The van der Waals surface area contributed by atoms with Gasteiger partial charge in [-0.1, -0.05) is 13.3 Å². The van der Waals surface area contributed by atoms with Gasteiger partial charge in [0.05, 0.1) is 0 Å². The average Bonchev–Trinajstić information content (AvgIpc) is 2.35. The molecule has 2 N–H and O–H groups in total. The molecule has 1 atom stereocenters. The molecular formula is C11H11F4NO4S. The summed E-state index contributed by atoms with van der Waals surface area (Å²) < 4.78 is 77.9. The lowest BCUT2D eigenvalue weighted by Gasteiger charge is -2.15. The van der Waals surface area contributed by atoms with Crippen LogP contribution in [0.1, 0.15) is 19.8 Å². The number of benzene rings is 1. The van der Waals surface area contributed by atoms with E-state index < -0.39 is 50.2 Å². The standard InChI is InChI=1S/C11H11F4NO4S/c1-2-3-7(11(17)18)16-21(19,20)10-8(14)5(12)4-6(13)9(10)15/h4,7,16H,2-3H2,1H3,(H,17,18). The van der Waals surface area contributed by atoms with E-state index in [4.69, 9.17) is 5.11 Å². The first kappa shape index (κ1) is 17.4. The first-order valence-electron chi connectivity index (χ1n) is 5.70. The fourth-order valence-electron chi connectivity index (χ4n) is 1.55. The van der Waals surface area contributed by atoms with Crippen molar-refractivity contribution < 1.29 is 35.9 Å². The lowest BCUT2D eigenvalue weighted by Crippen LogP contribution is -2.41. The van der Waals surface area contributed by atoms with Crippen LogP contribution in [0.25, 0.3) is 0 Å². The van der Waals surface area contributed by atoms with Gasteiger partial charge in [0.15, 0.2) is 28.2 Å². The molecule has 10 heteroatoms. The summed E-state index contributed by atoms with van der Waals surface area (Å²) >= 11 is 0. The number of rotatable bonds is 6. The van der Waals surface area contributed by atoms with Gasteiger partial charge in [-0.3, -0.25) is 4.79 Å². The average molecular weight is 329 g/mol. The Morgan fingerprint density at radius 2 is 1.71 bits per heavy atom. The molecule has 5 nitrogen and oxygen atoms in total. The Morgan fingerprint density at radius 1 is 1.24 bits per heavy atom. The molecule has 0 aliphatic rings. The van der Waals surface area contributed by atoms with Crippen LogP contribution in [0, 0.1) is 23.3 Å². The van der Waals surface area contributed by atoms with Crippen LogP contribution in [0.5, 0.6) is 0 Å². The SMILES string of the molecule is CCCC(NS(=O)(=O)c1c(F)c(F)cc(F)c1F)C(=O)O. The number of hydrogen-bond donors (Lipinski definition) is 2. The van der Waals surface area contributed by atoms with Gasteiger partial charge in [0.1, 0.15) is 6.04 Å². The van der Waals surface area contributed by atoms with Gasteiger partial charge in [-0.25, -0.2) is 26.0 Å². The molecule has 1 rings (SSSR count). The number of nitrogens with one attached hydrogen (secondary N) is 1. The van der Waals surface area contributed by atoms with Crippen molar-refractivity contribution in [1.82, 2.24) is 4.72 Å². The Balaban J connectivity index is 3.35. The lowest BCUT2D eigenvalue weighted by molar-refractivity contribution is -0.139. The monoisotopic (exact) mass is 329 g/mol. The Bertz CT molecular complexity index is 636. The highest BCUT2D eigenvalue weighted by Crippen LogP contribution is 2.24. The van der Waals surface area contributed by atoms with E-state index >= 15 is 0 Å². The second-order valence-corrected chi connectivity index (χ2v) is 5.75. The third kappa shape index (κ3) is 3.70. The highest BCUT2D eigenvalue weighted by molar-refractivity contribution is 7.89. The first-order chi connectivity index (χ1) is 9.61. The predicted octanol–water partition coefficient (Wildman–Crippen LogP) is 1.77. The molecule has 1 unspecified atom stereocenters. The highest BCUT2D eigenvalue weighted by atomic mass is 32.2. The molecule has 1 aromatic rings. The van der Waals surface area contributed by atoms with Crippen LogP contribution in [-0.2, 0) is 14.8 Å². The normalized spacial score (nSPS) is 13.2. The van der Waals surface area contributed by atoms with Gasteiger partial charge >= 0.3 is 5.97 Å². The summed E-state index contributed by atoms with van der Waals surface area (Å²) in [6, 6.07) is -1.82. The van der Waals surface area contributed by atoms with Crippen LogP contribution in [0.15, 0.2) is 11.0 Å². The van der Waals surface area contributed by atoms with Gasteiger partial charge in [0.2, 0.25) is 10.0 Å². The minimum Gasteiger partial charge on any atom is -0.480 e. The second kappa shape index (κ2) is 6.39. The minimum absolute atomic E-state index is 0.148. The van der Waals surface area contributed by atoms with Gasteiger partial charge in [-0.2, -0.15) is 4.72 Å². The summed E-state index contributed by atoms with van der Waals surface area (Å²) in [5, 5.41) is 8.80.